The number of aliphatic hydroxyl groups excluding tert-OH is 1. The van der Waals surface area contributed by atoms with Crippen molar-refractivity contribution in [3.05, 3.63) is 33.9 Å². The van der Waals surface area contributed by atoms with E-state index in [9.17, 15) is 50.7 Å². The number of nitro groups is 1. The SMILES string of the molecule is C[Si](C)(C)O[Si](C)(C)C.Cc1cccc(OCC(O)CN(C(=O)C(F)(F)C(F)(F)C(F)(F)F)C(C)(C)C)c1[N+](=O)[O-]. The Morgan fingerprint density at radius 1 is 1.00 bits per heavy atom. The normalized spacial score (nSPS) is 14.1. The van der Waals surface area contributed by atoms with Crippen LogP contribution in [0.4, 0.5) is 36.4 Å². The van der Waals surface area contributed by atoms with Crippen LogP contribution in [0.1, 0.15) is 26.3 Å². The number of rotatable bonds is 10. The summed E-state index contributed by atoms with van der Waals surface area (Å²) >= 11 is 0. The minimum absolute atomic E-state index is 0.0364. The molecule has 0 aliphatic carbocycles. The zero-order valence-electron chi connectivity index (χ0n) is 24.8. The number of benzene rings is 1. The first-order valence-corrected chi connectivity index (χ1v) is 19.2. The van der Waals surface area contributed by atoms with Crippen LogP contribution in [0, 0.1) is 17.0 Å². The Morgan fingerprint density at radius 3 is 1.80 bits per heavy atom. The van der Waals surface area contributed by atoms with Crippen molar-refractivity contribution in [2.24, 2.45) is 0 Å². The van der Waals surface area contributed by atoms with Gasteiger partial charge in [0, 0.05) is 11.1 Å². The second-order valence-corrected chi connectivity index (χ2v) is 21.5. The van der Waals surface area contributed by atoms with E-state index in [0.717, 1.165) is 20.8 Å². The molecule has 1 amide bonds. The van der Waals surface area contributed by atoms with Gasteiger partial charge < -0.3 is 18.9 Å². The maximum Gasteiger partial charge on any atom is 0.460 e. The van der Waals surface area contributed by atoms with Crippen molar-refractivity contribution in [3.63, 3.8) is 0 Å². The Morgan fingerprint density at radius 2 is 1.46 bits per heavy atom. The number of para-hydroxylation sites is 1. The number of carbonyl (C=O) groups excluding carboxylic acids is 1. The Kier molecular flexibility index (Phi) is 12.6. The van der Waals surface area contributed by atoms with Gasteiger partial charge in [0.2, 0.25) is 0 Å². The van der Waals surface area contributed by atoms with Crippen LogP contribution in [0.15, 0.2) is 18.2 Å². The Labute approximate surface area is 237 Å². The lowest BCUT2D eigenvalue weighted by Crippen LogP contribution is -2.64. The number of nitrogens with zero attached hydrogens (tertiary/aromatic N) is 2. The lowest BCUT2D eigenvalue weighted by atomic mass is 10.0. The van der Waals surface area contributed by atoms with E-state index in [2.05, 4.69) is 39.3 Å². The predicted octanol–water partition coefficient (Wildman–Crippen LogP) is 6.78. The maximum atomic E-state index is 13.9. The Balaban J connectivity index is 0.00000152. The van der Waals surface area contributed by atoms with E-state index in [0.29, 0.717) is 0 Å². The quantitative estimate of drug-likeness (QED) is 0.131. The molecule has 1 rings (SSSR count). The van der Waals surface area contributed by atoms with Crippen molar-refractivity contribution in [3.8, 4) is 5.75 Å². The summed E-state index contributed by atoms with van der Waals surface area (Å²) in [6.45, 7) is 16.1. The summed E-state index contributed by atoms with van der Waals surface area (Å²) in [5.41, 5.74) is -1.97. The van der Waals surface area contributed by atoms with Gasteiger partial charge in [0.05, 0.1) is 11.5 Å². The summed E-state index contributed by atoms with van der Waals surface area (Å²) in [6.07, 6.45) is -8.57. The van der Waals surface area contributed by atoms with E-state index in [1.165, 1.54) is 25.1 Å². The third-order valence-electron chi connectivity index (χ3n) is 4.89. The van der Waals surface area contributed by atoms with Crippen LogP contribution in [0.5, 0.6) is 5.75 Å². The van der Waals surface area contributed by atoms with Gasteiger partial charge in [-0.3, -0.25) is 14.9 Å². The minimum atomic E-state index is -6.71. The van der Waals surface area contributed by atoms with E-state index in [-0.39, 0.29) is 16.2 Å². The topological polar surface area (TPSA) is 102 Å². The molecular formula is C24H39F7N2O6Si2. The Bertz CT molecular complexity index is 1040. The average Bonchev–Trinajstić information content (AvgIpc) is 2.71. The molecule has 1 unspecified atom stereocenters. The van der Waals surface area contributed by atoms with Gasteiger partial charge in [-0.15, -0.1) is 0 Å². The molecule has 238 valence electrons. The van der Waals surface area contributed by atoms with E-state index in [4.69, 9.17) is 8.85 Å². The average molecular weight is 641 g/mol. The summed E-state index contributed by atoms with van der Waals surface area (Å²) in [6, 6.07) is 3.95. The van der Waals surface area contributed by atoms with Crippen molar-refractivity contribution < 1.29 is 54.4 Å². The van der Waals surface area contributed by atoms with Crippen LogP contribution >= 0.6 is 0 Å². The summed E-state index contributed by atoms with van der Waals surface area (Å²) in [5.74, 6) is -16.0. The van der Waals surface area contributed by atoms with Crippen molar-refractivity contribution in [2.45, 2.75) is 96.6 Å². The molecule has 8 nitrogen and oxygen atoms in total. The predicted molar refractivity (Wildman–Crippen MR) is 145 cm³/mol. The van der Waals surface area contributed by atoms with Crippen molar-refractivity contribution in [1.29, 1.82) is 0 Å². The lowest BCUT2D eigenvalue weighted by Gasteiger charge is -2.40. The molecule has 0 aliphatic heterocycles. The fraction of sp³-hybridized carbons (Fsp3) is 0.708. The fourth-order valence-electron chi connectivity index (χ4n) is 3.49. The van der Waals surface area contributed by atoms with Crippen LogP contribution in [-0.4, -0.2) is 80.3 Å². The number of hydrogen-bond donors (Lipinski definition) is 1. The van der Waals surface area contributed by atoms with Gasteiger partial charge in [-0.2, -0.15) is 30.7 Å². The highest BCUT2D eigenvalue weighted by Crippen LogP contribution is 2.47. The highest BCUT2D eigenvalue weighted by molar-refractivity contribution is 6.83. The number of amides is 1. The fourth-order valence-corrected chi connectivity index (χ4v) is 10.8. The van der Waals surface area contributed by atoms with Gasteiger partial charge in [0.1, 0.15) is 12.7 Å². The second kappa shape index (κ2) is 13.4. The number of ether oxygens (including phenoxy) is 1. The molecule has 0 aromatic heterocycles. The number of alkyl halides is 7. The largest absolute Gasteiger partial charge is 0.484 e. The summed E-state index contributed by atoms with van der Waals surface area (Å²) in [5, 5.41) is 21.2. The first-order valence-electron chi connectivity index (χ1n) is 12.3. The maximum absolute atomic E-state index is 13.9. The van der Waals surface area contributed by atoms with Gasteiger partial charge >= 0.3 is 29.6 Å². The molecule has 0 spiro atoms. The van der Waals surface area contributed by atoms with E-state index in [1.54, 1.807) is 0 Å². The number of aliphatic hydroxyl groups is 1. The smallest absolute Gasteiger partial charge is 0.460 e. The van der Waals surface area contributed by atoms with Crippen LogP contribution in [0.25, 0.3) is 0 Å². The van der Waals surface area contributed by atoms with E-state index in [1.807, 2.05) is 0 Å². The molecule has 0 bridgehead atoms. The van der Waals surface area contributed by atoms with Gasteiger partial charge in [-0.05, 0) is 73.0 Å². The standard InChI is InChI=1S/C18H21F7N2O5.C6H18OSi2/c1-10-6-5-7-12(13(10)27(30)31)32-9-11(28)8-26(15(2,3)4)14(29)16(19,20)17(21,22)18(23,24)25;1-8(2,3)7-9(4,5)6/h5-7,11,28H,8-9H2,1-4H3;1-6H3. The summed E-state index contributed by atoms with van der Waals surface area (Å²) in [7, 11) is -2.46. The molecule has 0 heterocycles. The molecule has 0 fully saturated rings. The third-order valence-corrected chi connectivity index (χ3v) is 9.79. The molecule has 1 N–H and O–H groups in total. The second-order valence-electron chi connectivity index (χ2n) is 12.2. The molecule has 1 aromatic carbocycles. The molecule has 0 saturated heterocycles. The first kappa shape index (κ1) is 38.8. The molecule has 17 heteroatoms. The van der Waals surface area contributed by atoms with Crippen molar-refractivity contribution in [1.82, 2.24) is 4.90 Å². The lowest BCUT2D eigenvalue weighted by molar-refractivity contribution is -0.386. The van der Waals surface area contributed by atoms with Crippen molar-refractivity contribution in [2.75, 3.05) is 13.2 Å². The molecule has 1 aromatic rings. The number of β-amino-alcohol motifs (C(OH)–C–C–N with tert-alkyl or cyclic N) is 1. The van der Waals surface area contributed by atoms with E-state index >= 15 is 0 Å². The van der Waals surface area contributed by atoms with Gasteiger partial charge in [0.25, 0.3) is 0 Å². The van der Waals surface area contributed by atoms with E-state index < -0.39 is 76.0 Å². The highest BCUT2D eigenvalue weighted by Gasteiger charge is 2.77. The zero-order valence-corrected chi connectivity index (χ0v) is 26.8. The van der Waals surface area contributed by atoms with Gasteiger partial charge in [-0.25, -0.2) is 0 Å². The Hall–Kier alpha value is -2.25. The van der Waals surface area contributed by atoms with Gasteiger partial charge in [-0.1, -0.05) is 12.1 Å². The number of carbonyl (C=O) groups is 1. The number of aryl methyl sites for hydroxylation is 1. The molecular weight excluding hydrogens is 601 g/mol. The van der Waals surface area contributed by atoms with Crippen LogP contribution in [0.3, 0.4) is 0 Å². The number of nitro benzene ring substituents is 1. The monoisotopic (exact) mass is 640 g/mol. The molecule has 1 atom stereocenters. The summed E-state index contributed by atoms with van der Waals surface area (Å²) < 4.78 is 103. The molecule has 0 aliphatic rings. The molecule has 0 radical (unpaired) electrons. The van der Waals surface area contributed by atoms with Crippen LogP contribution in [-0.2, 0) is 8.91 Å². The minimum Gasteiger partial charge on any atom is -0.484 e. The summed E-state index contributed by atoms with van der Waals surface area (Å²) in [4.78, 5) is 22.4. The number of hydrogen-bond acceptors (Lipinski definition) is 6. The van der Waals surface area contributed by atoms with Crippen molar-refractivity contribution >= 4 is 28.2 Å². The van der Waals surface area contributed by atoms with Crippen LogP contribution in [0.2, 0.25) is 39.3 Å². The molecule has 41 heavy (non-hydrogen) atoms. The van der Waals surface area contributed by atoms with Gasteiger partial charge in [0.15, 0.2) is 22.4 Å². The molecule has 0 saturated carbocycles. The number of halogens is 7. The van der Waals surface area contributed by atoms with Crippen LogP contribution < -0.4 is 4.74 Å². The third kappa shape index (κ3) is 11.5. The first-order chi connectivity index (χ1) is 18.0. The zero-order chi connectivity index (χ0) is 33.0. The highest BCUT2D eigenvalue weighted by atomic mass is 28.4.